The van der Waals surface area contributed by atoms with Crippen molar-refractivity contribution in [3.8, 4) is 0 Å². The van der Waals surface area contributed by atoms with Crippen molar-refractivity contribution in [2.24, 2.45) is 7.05 Å². The van der Waals surface area contributed by atoms with Crippen molar-refractivity contribution in [2.45, 2.75) is 57.9 Å². The maximum atomic E-state index is 2.28. The third-order valence-corrected chi connectivity index (χ3v) is 4.04. The largest absolute Gasteiger partial charge is 0.243 e. The Morgan fingerprint density at radius 3 is 2.11 bits per heavy atom. The Balaban J connectivity index is 1.81. The quantitative estimate of drug-likeness (QED) is 0.438. The first-order valence-electron chi connectivity index (χ1n) is 7.33. The van der Waals surface area contributed by atoms with Crippen LogP contribution in [0.4, 0.5) is 0 Å². The minimum Gasteiger partial charge on any atom is -0.240 e. The van der Waals surface area contributed by atoms with E-state index >= 15 is 0 Å². The Bertz CT molecular complexity index is 296. The van der Waals surface area contributed by atoms with Crippen LogP contribution in [0.2, 0.25) is 0 Å². The van der Waals surface area contributed by atoms with Crippen molar-refractivity contribution >= 4 is 11.8 Å². The van der Waals surface area contributed by atoms with Crippen LogP contribution in [0.1, 0.15) is 51.4 Å². The topological polar surface area (TPSA) is 8.81 Å². The molecule has 1 rings (SSSR count). The van der Waals surface area contributed by atoms with E-state index in [0.717, 1.165) is 0 Å². The molecule has 0 bridgehead atoms. The fourth-order valence-electron chi connectivity index (χ4n) is 2.24. The molecule has 0 amide bonds. The monoisotopic (exact) mass is 269 g/mol. The average Bonchev–Trinajstić information content (AvgIpc) is 2.77. The summed E-state index contributed by atoms with van der Waals surface area (Å²) in [5.74, 6) is 1.34. The van der Waals surface area contributed by atoms with Gasteiger partial charge in [-0.3, -0.25) is 0 Å². The van der Waals surface area contributed by atoms with Gasteiger partial charge in [0, 0.05) is 0 Å². The van der Waals surface area contributed by atoms with Gasteiger partial charge in [-0.2, -0.15) is 11.8 Å². The highest BCUT2D eigenvalue weighted by Gasteiger charge is 1.99. The summed E-state index contributed by atoms with van der Waals surface area (Å²) >= 11 is 1.97. The summed E-state index contributed by atoms with van der Waals surface area (Å²) in [7, 11) is 2.08. The lowest BCUT2D eigenvalue weighted by molar-refractivity contribution is -0.671. The Hall–Kier alpha value is -0.440. The Kier molecular flexibility index (Phi) is 9.09. The second-order valence-electron chi connectivity index (χ2n) is 5.14. The van der Waals surface area contributed by atoms with Gasteiger partial charge in [0.25, 0.3) is 0 Å². The van der Waals surface area contributed by atoms with E-state index < -0.39 is 0 Å². The minimum absolute atomic E-state index is 1.18. The summed E-state index contributed by atoms with van der Waals surface area (Å²) in [5, 5.41) is 0. The SMILES string of the molecule is CSCCCCCCCCCCn1cc[n+](C)c1. The summed E-state index contributed by atoms with van der Waals surface area (Å²) in [6.07, 6.45) is 19.9. The normalized spacial score (nSPS) is 11.0. The lowest BCUT2D eigenvalue weighted by Crippen LogP contribution is -2.23. The molecule has 0 N–H and O–H groups in total. The van der Waals surface area contributed by atoms with Gasteiger partial charge < -0.3 is 0 Å². The molecule has 0 atom stereocenters. The van der Waals surface area contributed by atoms with Gasteiger partial charge in [-0.05, 0) is 31.3 Å². The fraction of sp³-hybridized carbons (Fsp3) is 0.800. The number of rotatable bonds is 11. The molecule has 0 unspecified atom stereocenters. The van der Waals surface area contributed by atoms with Gasteiger partial charge in [-0.25, -0.2) is 9.13 Å². The van der Waals surface area contributed by atoms with E-state index in [4.69, 9.17) is 0 Å². The van der Waals surface area contributed by atoms with Crippen LogP contribution < -0.4 is 4.57 Å². The predicted octanol–water partition coefficient (Wildman–Crippen LogP) is 3.80. The maximum Gasteiger partial charge on any atom is 0.243 e. The molecule has 104 valence electrons. The molecule has 1 heterocycles. The van der Waals surface area contributed by atoms with E-state index in [0.29, 0.717) is 0 Å². The predicted molar refractivity (Wildman–Crippen MR) is 80.9 cm³/mol. The number of aryl methyl sites for hydroxylation is 2. The number of aromatic nitrogens is 2. The maximum absolute atomic E-state index is 2.28. The van der Waals surface area contributed by atoms with Gasteiger partial charge in [-0.15, -0.1) is 0 Å². The van der Waals surface area contributed by atoms with Crippen molar-refractivity contribution in [3.63, 3.8) is 0 Å². The minimum atomic E-state index is 1.18. The molecular weight excluding hydrogens is 240 g/mol. The van der Waals surface area contributed by atoms with Gasteiger partial charge in [0.2, 0.25) is 6.33 Å². The standard InChI is InChI=1S/C15H29N2S/c1-16-12-13-17(15-16)11-9-7-5-3-4-6-8-10-14-18-2/h12-13,15H,3-11,14H2,1-2H3/q+1. The lowest BCUT2D eigenvalue weighted by atomic mass is 10.1. The molecular formula is C15H29N2S+. The molecule has 0 aliphatic heterocycles. The van der Waals surface area contributed by atoms with Crippen LogP contribution >= 0.6 is 11.8 Å². The molecule has 1 aromatic rings. The van der Waals surface area contributed by atoms with Crippen LogP contribution in [0.15, 0.2) is 18.7 Å². The van der Waals surface area contributed by atoms with Gasteiger partial charge in [0.15, 0.2) is 0 Å². The summed E-state index contributed by atoms with van der Waals surface area (Å²) in [6.45, 7) is 1.18. The van der Waals surface area contributed by atoms with Gasteiger partial charge in [0.1, 0.15) is 12.4 Å². The zero-order valence-electron chi connectivity index (χ0n) is 12.1. The molecule has 0 fully saturated rings. The third-order valence-electron chi connectivity index (χ3n) is 3.34. The lowest BCUT2D eigenvalue weighted by Gasteiger charge is -2.01. The summed E-state index contributed by atoms with van der Waals surface area (Å²) < 4.78 is 4.39. The summed E-state index contributed by atoms with van der Waals surface area (Å²) in [4.78, 5) is 0. The third kappa shape index (κ3) is 7.80. The molecule has 3 heteroatoms. The van der Waals surface area contributed by atoms with E-state index in [-0.39, 0.29) is 0 Å². The Morgan fingerprint density at radius 2 is 1.56 bits per heavy atom. The highest BCUT2D eigenvalue weighted by molar-refractivity contribution is 7.98. The molecule has 1 aromatic heterocycles. The molecule has 0 saturated heterocycles. The molecule has 0 saturated carbocycles. The molecule has 0 aromatic carbocycles. The number of thioether (sulfide) groups is 1. The number of nitrogens with zero attached hydrogens (tertiary/aromatic N) is 2. The van der Waals surface area contributed by atoms with Crippen molar-refractivity contribution in [1.82, 2.24) is 4.57 Å². The van der Waals surface area contributed by atoms with Gasteiger partial charge in [0.05, 0.1) is 13.6 Å². The Labute approximate surface area is 117 Å². The molecule has 0 aliphatic rings. The van der Waals surface area contributed by atoms with Crippen LogP contribution in [0.5, 0.6) is 0 Å². The van der Waals surface area contributed by atoms with Crippen molar-refractivity contribution < 1.29 is 4.57 Å². The number of hydrogen-bond acceptors (Lipinski definition) is 1. The molecule has 18 heavy (non-hydrogen) atoms. The zero-order valence-corrected chi connectivity index (χ0v) is 12.9. The highest BCUT2D eigenvalue weighted by atomic mass is 32.2. The van der Waals surface area contributed by atoms with E-state index in [9.17, 15) is 0 Å². The molecule has 0 aliphatic carbocycles. The van der Waals surface area contributed by atoms with Crippen molar-refractivity contribution in [1.29, 1.82) is 0 Å². The smallest absolute Gasteiger partial charge is 0.240 e. The number of imidazole rings is 1. The van der Waals surface area contributed by atoms with Crippen LogP contribution in [-0.4, -0.2) is 16.6 Å². The second kappa shape index (κ2) is 10.5. The summed E-state index contributed by atoms with van der Waals surface area (Å²) in [6, 6.07) is 0. The fourth-order valence-corrected chi connectivity index (χ4v) is 2.73. The Morgan fingerprint density at radius 1 is 0.944 bits per heavy atom. The summed E-state index contributed by atoms with van der Waals surface area (Å²) in [5.41, 5.74) is 0. The van der Waals surface area contributed by atoms with Gasteiger partial charge >= 0.3 is 0 Å². The first kappa shape index (κ1) is 15.6. The van der Waals surface area contributed by atoms with E-state index in [2.05, 4.69) is 41.2 Å². The van der Waals surface area contributed by atoms with Gasteiger partial charge in [-0.1, -0.05) is 32.1 Å². The van der Waals surface area contributed by atoms with Crippen LogP contribution in [0, 0.1) is 0 Å². The molecule has 0 radical (unpaired) electrons. The van der Waals surface area contributed by atoms with Crippen LogP contribution in [0.25, 0.3) is 0 Å². The van der Waals surface area contributed by atoms with Crippen LogP contribution in [-0.2, 0) is 13.6 Å². The number of hydrogen-bond donors (Lipinski definition) is 0. The average molecular weight is 269 g/mol. The van der Waals surface area contributed by atoms with Crippen molar-refractivity contribution in [2.75, 3.05) is 12.0 Å². The first-order chi connectivity index (χ1) is 8.83. The van der Waals surface area contributed by atoms with Crippen LogP contribution in [0.3, 0.4) is 0 Å². The first-order valence-corrected chi connectivity index (χ1v) is 8.72. The van der Waals surface area contributed by atoms with Crippen molar-refractivity contribution in [3.05, 3.63) is 18.7 Å². The van der Waals surface area contributed by atoms with E-state index in [1.165, 1.54) is 63.7 Å². The van der Waals surface area contributed by atoms with E-state index in [1.54, 1.807) is 0 Å². The molecule has 0 spiro atoms. The van der Waals surface area contributed by atoms with E-state index in [1.807, 2.05) is 11.8 Å². The molecule has 2 nitrogen and oxygen atoms in total. The second-order valence-corrected chi connectivity index (χ2v) is 6.12. The number of unbranched alkanes of at least 4 members (excludes halogenated alkanes) is 7. The zero-order chi connectivity index (χ0) is 13.1. The highest BCUT2D eigenvalue weighted by Crippen LogP contribution is 2.10.